The fourth-order valence-corrected chi connectivity index (χ4v) is 2.56. The summed E-state index contributed by atoms with van der Waals surface area (Å²) in [5.41, 5.74) is 2.83. The molecule has 3 rings (SSSR count). The van der Waals surface area contributed by atoms with Crippen molar-refractivity contribution in [1.29, 1.82) is 0 Å². The van der Waals surface area contributed by atoms with E-state index in [-0.39, 0.29) is 11.3 Å². The fourth-order valence-electron chi connectivity index (χ4n) is 2.41. The molecule has 0 bridgehead atoms. The van der Waals surface area contributed by atoms with E-state index in [0.717, 1.165) is 22.2 Å². The van der Waals surface area contributed by atoms with Gasteiger partial charge in [0.2, 0.25) is 5.28 Å². The number of hydrogen-bond acceptors (Lipinski definition) is 4. The van der Waals surface area contributed by atoms with Crippen molar-refractivity contribution in [2.45, 2.75) is 13.5 Å². The van der Waals surface area contributed by atoms with Crippen LogP contribution in [0.15, 0.2) is 42.7 Å². The van der Waals surface area contributed by atoms with Gasteiger partial charge in [0.1, 0.15) is 6.61 Å². The Labute approximate surface area is 132 Å². The molecule has 5 nitrogen and oxygen atoms in total. The first kappa shape index (κ1) is 14.5. The van der Waals surface area contributed by atoms with Crippen molar-refractivity contribution in [2.75, 3.05) is 6.61 Å². The van der Waals surface area contributed by atoms with Gasteiger partial charge in [-0.25, -0.2) is 9.97 Å². The second kappa shape index (κ2) is 6.15. The normalized spacial score (nSPS) is 10.8. The van der Waals surface area contributed by atoms with Crippen LogP contribution >= 0.6 is 11.6 Å². The Morgan fingerprint density at radius 2 is 2.18 bits per heavy atom. The number of nitrogens with zero attached hydrogens (tertiary/aromatic N) is 3. The van der Waals surface area contributed by atoms with Gasteiger partial charge in [-0.05, 0) is 29.8 Å². The fraction of sp³-hybridized carbons (Fsp3) is 0.188. The molecule has 0 unspecified atom stereocenters. The molecule has 2 heterocycles. The van der Waals surface area contributed by atoms with E-state index in [0.29, 0.717) is 13.2 Å². The highest BCUT2D eigenvalue weighted by atomic mass is 35.5. The molecule has 22 heavy (non-hydrogen) atoms. The van der Waals surface area contributed by atoms with Gasteiger partial charge in [0.05, 0.1) is 12.2 Å². The molecule has 0 aliphatic rings. The number of fused-ring (bicyclic) bond motifs is 1. The smallest absolute Gasteiger partial charge is 0.302 e. The Morgan fingerprint density at radius 1 is 1.32 bits per heavy atom. The van der Waals surface area contributed by atoms with Crippen LogP contribution in [0, 0.1) is 0 Å². The zero-order valence-electron chi connectivity index (χ0n) is 12.0. The average Bonchev–Trinajstić information content (AvgIpc) is 2.90. The summed E-state index contributed by atoms with van der Waals surface area (Å²) in [5, 5.41) is 1.30. The Balaban J connectivity index is 1.97. The van der Waals surface area contributed by atoms with Gasteiger partial charge in [0.25, 0.3) is 0 Å². The van der Waals surface area contributed by atoms with Crippen LogP contribution in [0.1, 0.15) is 6.92 Å². The summed E-state index contributed by atoms with van der Waals surface area (Å²) in [5.74, 6) is -0.271. The third-order valence-electron chi connectivity index (χ3n) is 3.35. The molecule has 0 aliphatic carbocycles. The molecule has 0 saturated carbocycles. The maximum atomic E-state index is 10.8. The highest BCUT2D eigenvalue weighted by Gasteiger charge is 2.09. The molecule has 0 amide bonds. The van der Waals surface area contributed by atoms with Gasteiger partial charge < -0.3 is 9.30 Å². The van der Waals surface area contributed by atoms with E-state index in [4.69, 9.17) is 16.3 Å². The second-order valence-electron chi connectivity index (χ2n) is 4.80. The molecule has 0 atom stereocenters. The lowest BCUT2D eigenvalue weighted by molar-refractivity contribution is -0.141. The molecule has 0 fully saturated rings. The largest absolute Gasteiger partial charge is 0.464 e. The molecular formula is C16H14ClN3O2. The molecule has 3 aromatic rings. The van der Waals surface area contributed by atoms with Crippen LogP contribution in [-0.4, -0.2) is 27.1 Å². The quantitative estimate of drug-likeness (QED) is 0.547. The van der Waals surface area contributed by atoms with Crippen LogP contribution in [0.25, 0.3) is 22.2 Å². The van der Waals surface area contributed by atoms with Crippen LogP contribution in [0.4, 0.5) is 0 Å². The van der Waals surface area contributed by atoms with Crippen LogP contribution < -0.4 is 0 Å². The summed E-state index contributed by atoms with van der Waals surface area (Å²) in [6.45, 7) is 2.37. The predicted octanol–water partition coefficient (Wildman–Crippen LogP) is 3.31. The van der Waals surface area contributed by atoms with E-state index >= 15 is 0 Å². The van der Waals surface area contributed by atoms with E-state index in [1.165, 1.54) is 6.92 Å². The topological polar surface area (TPSA) is 57.0 Å². The standard InChI is InChI=1S/C16H14ClN3O2/c1-11(21)22-10-9-20-8-6-13-12(3-2-4-15(13)20)14-5-7-18-16(17)19-14/h2-8H,9-10H2,1H3. The third kappa shape index (κ3) is 2.94. The maximum absolute atomic E-state index is 10.8. The number of esters is 1. The van der Waals surface area contributed by atoms with Gasteiger partial charge >= 0.3 is 5.97 Å². The van der Waals surface area contributed by atoms with Gasteiger partial charge in [-0.2, -0.15) is 0 Å². The molecular weight excluding hydrogens is 302 g/mol. The lowest BCUT2D eigenvalue weighted by atomic mass is 10.1. The minimum atomic E-state index is -0.271. The number of rotatable bonds is 4. The molecule has 6 heteroatoms. The van der Waals surface area contributed by atoms with Crippen molar-refractivity contribution >= 4 is 28.5 Å². The van der Waals surface area contributed by atoms with Gasteiger partial charge in [0.15, 0.2) is 0 Å². The van der Waals surface area contributed by atoms with E-state index < -0.39 is 0 Å². The van der Waals surface area contributed by atoms with Gasteiger partial charge in [-0.15, -0.1) is 0 Å². The van der Waals surface area contributed by atoms with Crippen molar-refractivity contribution in [3.63, 3.8) is 0 Å². The highest BCUT2D eigenvalue weighted by molar-refractivity contribution is 6.28. The lowest BCUT2D eigenvalue weighted by Crippen LogP contribution is -2.07. The summed E-state index contributed by atoms with van der Waals surface area (Å²) in [7, 11) is 0. The first-order chi connectivity index (χ1) is 10.6. The minimum Gasteiger partial charge on any atom is -0.464 e. The predicted molar refractivity (Wildman–Crippen MR) is 84.6 cm³/mol. The molecule has 112 valence electrons. The Kier molecular flexibility index (Phi) is 4.06. The van der Waals surface area contributed by atoms with Gasteiger partial charge in [-0.1, -0.05) is 12.1 Å². The van der Waals surface area contributed by atoms with Gasteiger partial charge in [0, 0.05) is 35.8 Å². The Bertz CT molecular complexity index is 829. The van der Waals surface area contributed by atoms with E-state index in [2.05, 4.69) is 9.97 Å². The Morgan fingerprint density at radius 3 is 2.95 bits per heavy atom. The maximum Gasteiger partial charge on any atom is 0.302 e. The Hall–Kier alpha value is -2.40. The zero-order valence-corrected chi connectivity index (χ0v) is 12.7. The van der Waals surface area contributed by atoms with Crippen molar-refractivity contribution in [2.24, 2.45) is 0 Å². The minimum absolute atomic E-state index is 0.226. The summed E-state index contributed by atoms with van der Waals surface area (Å²) < 4.78 is 7.04. The molecule has 0 spiro atoms. The number of carbonyl (C=O) groups is 1. The van der Waals surface area contributed by atoms with E-state index in [1.54, 1.807) is 6.20 Å². The molecule has 2 aromatic heterocycles. The number of ether oxygens (including phenoxy) is 1. The van der Waals surface area contributed by atoms with Crippen LogP contribution in [-0.2, 0) is 16.1 Å². The van der Waals surface area contributed by atoms with Gasteiger partial charge in [-0.3, -0.25) is 4.79 Å². The number of hydrogen-bond donors (Lipinski definition) is 0. The summed E-state index contributed by atoms with van der Waals surface area (Å²) in [6, 6.07) is 9.84. The molecule has 0 N–H and O–H groups in total. The SMILES string of the molecule is CC(=O)OCCn1ccc2c(-c3ccnc(Cl)n3)cccc21. The van der Waals surface area contributed by atoms with Crippen LogP contribution in [0.3, 0.4) is 0 Å². The number of benzene rings is 1. The summed E-state index contributed by atoms with van der Waals surface area (Å²) in [6.07, 6.45) is 3.61. The first-order valence-corrected chi connectivity index (χ1v) is 7.23. The van der Waals surface area contributed by atoms with Crippen LogP contribution in [0.5, 0.6) is 0 Å². The first-order valence-electron chi connectivity index (χ1n) is 6.85. The third-order valence-corrected chi connectivity index (χ3v) is 3.54. The molecule has 0 radical (unpaired) electrons. The van der Waals surface area contributed by atoms with Crippen molar-refractivity contribution in [3.05, 3.63) is 48.0 Å². The summed E-state index contributed by atoms with van der Waals surface area (Å²) in [4.78, 5) is 19.0. The monoisotopic (exact) mass is 315 g/mol. The van der Waals surface area contributed by atoms with Crippen molar-refractivity contribution in [3.8, 4) is 11.3 Å². The number of carbonyl (C=O) groups excluding carboxylic acids is 1. The number of halogens is 1. The molecule has 0 aliphatic heterocycles. The van der Waals surface area contributed by atoms with E-state index in [9.17, 15) is 4.79 Å². The van der Waals surface area contributed by atoms with Crippen LogP contribution in [0.2, 0.25) is 5.28 Å². The van der Waals surface area contributed by atoms with E-state index in [1.807, 2.05) is 41.1 Å². The van der Waals surface area contributed by atoms with Crippen molar-refractivity contribution < 1.29 is 9.53 Å². The molecule has 1 aromatic carbocycles. The van der Waals surface area contributed by atoms with Crippen molar-refractivity contribution in [1.82, 2.24) is 14.5 Å². The number of aromatic nitrogens is 3. The highest BCUT2D eigenvalue weighted by Crippen LogP contribution is 2.28. The average molecular weight is 316 g/mol. The summed E-state index contributed by atoms with van der Waals surface area (Å²) >= 11 is 5.87. The second-order valence-corrected chi connectivity index (χ2v) is 5.14. The molecule has 0 saturated heterocycles. The zero-order chi connectivity index (χ0) is 15.5. The lowest BCUT2D eigenvalue weighted by Gasteiger charge is -2.07.